The van der Waals surface area contributed by atoms with Gasteiger partial charge in [-0.2, -0.15) is 5.10 Å². The molecule has 1 atom stereocenters. The summed E-state index contributed by atoms with van der Waals surface area (Å²) in [6.45, 7) is 5.66. The fourth-order valence-electron chi connectivity index (χ4n) is 3.14. The first-order valence-corrected chi connectivity index (χ1v) is 7.22. The second kappa shape index (κ2) is 6.45. The van der Waals surface area contributed by atoms with Gasteiger partial charge in [0.2, 0.25) is 0 Å². The molecule has 0 aliphatic heterocycles. The molecule has 108 valence electrons. The van der Waals surface area contributed by atoms with Gasteiger partial charge in [-0.1, -0.05) is 12.8 Å². The van der Waals surface area contributed by atoms with Crippen molar-refractivity contribution in [1.29, 1.82) is 0 Å². The van der Waals surface area contributed by atoms with Gasteiger partial charge in [-0.3, -0.25) is 16.0 Å². The summed E-state index contributed by atoms with van der Waals surface area (Å²) in [5, 5.41) is 4.21. The molecule has 0 aromatic carbocycles. The quantitative estimate of drug-likeness (QED) is 0.570. The Morgan fingerprint density at radius 3 is 2.79 bits per heavy atom. The molecule has 1 aromatic rings. The van der Waals surface area contributed by atoms with Crippen LogP contribution < -0.4 is 11.3 Å². The van der Waals surface area contributed by atoms with Gasteiger partial charge in [0.25, 0.3) is 0 Å². The molecule has 0 amide bonds. The van der Waals surface area contributed by atoms with Gasteiger partial charge in [0, 0.05) is 19.6 Å². The average Bonchev–Trinajstić information content (AvgIpc) is 3.05. The Kier molecular flexibility index (Phi) is 4.90. The van der Waals surface area contributed by atoms with Crippen LogP contribution in [-0.2, 0) is 17.7 Å². The first kappa shape index (κ1) is 14.4. The molecule has 1 aromatic heterocycles. The van der Waals surface area contributed by atoms with E-state index >= 15 is 0 Å². The summed E-state index contributed by atoms with van der Waals surface area (Å²) >= 11 is 0. The highest BCUT2D eigenvalue weighted by atomic mass is 16.5. The Morgan fingerprint density at radius 2 is 2.21 bits per heavy atom. The number of ether oxygens (including phenoxy) is 1. The van der Waals surface area contributed by atoms with Crippen LogP contribution in [0.25, 0.3) is 0 Å². The summed E-state index contributed by atoms with van der Waals surface area (Å²) in [6, 6.07) is 0.0875. The van der Waals surface area contributed by atoms with E-state index in [2.05, 4.69) is 22.4 Å². The third-order valence-corrected chi connectivity index (χ3v) is 4.10. The number of aryl methyl sites for hydroxylation is 1. The molecular formula is C13H25N5O. The van der Waals surface area contributed by atoms with Crippen LogP contribution in [0.5, 0.6) is 0 Å². The van der Waals surface area contributed by atoms with Gasteiger partial charge in [0.05, 0.1) is 11.6 Å². The second-order valence-corrected chi connectivity index (χ2v) is 5.12. The highest BCUT2D eigenvalue weighted by molar-refractivity contribution is 5.02. The van der Waals surface area contributed by atoms with Crippen LogP contribution in [0, 0.1) is 0 Å². The van der Waals surface area contributed by atoms with Gasteiger partial charge >= 0.3 is 0 Å². The van der Waals surface area contributed by atoms with Crippen molar-refractivity contribution in [3.05, 3.63) is 12.2 Å². The number of hydrogen-bond acceptors (Lipinski definition) is 5. The molecule has 3 N–H and O–H groups in total. The maximum atomic E-state index is 6.07. The Balaban J connectivity index is 2.14. The summed E-state index contributed by atoms with van der Waals surface area (Å²) in [7, 11) is 0. The molecule has 6 nitrogen and oxygen atoms in total. The van der Waals surface area contributed by atoms with Gasteiger partial charge in [-0.05, 0) is 26.7 Å². The molecule has 0 radical (unpaired) electrons. The summed E-state index contributed by atoms with van der Waals surface area (Å²) in [5.41, 5.74) is 2.81. The molecule has 1 unspecified atom stereocenters. The average molecular weight is 267 g/mol. The predicted molar refractivity (Wildman–Crippen MR) is 73.3 cm³/mol. The summed E-state index contributed by atoms with van der Waals surface area (Å²) < 4.78 is 7.98. The summed E-state index contributed by atoms with van der Waals surface area (Å²) in [5.74, 6) is 6.76. The van der Waals surface area contributed by atoms with Crippen LogP contribution in [0.15, 0.2) is 6.33 Å². The van der Waals surface area contributed by atoms with Crippen molar-refractivity contribution in [3.8, 4) is 0 Å². The fraction of sp³-hybridized carbons (Fsp3) is 0.846. The molecule has 1 saturated carbocycles. The van der Waals surface area contributed by atoms with E-state index in [0.717, 1.165) is 38.2 Å². The van der Waals surface area contributed by atoms with Crippen molar-refractivity contribution in [2.24, 2.45) is 5.84 Å². The Labute approximate surface area is 114 Å². The lowest BCUT2D eigenvalue weighted by molar-refractivity contribution is -0.0619. The van der Waals surface area contributed by atoms with E-state index in [1.807, 2.05) is 11.6 Å². The molecule has 0 bridgehead atoms. The number of nitrogens with zero attached hydrogens (tertiary/aromatic N) is 3. The number of hydrazine groups is 1. The first-order chi connectivity index (χ1) is 9.25. The maximum absolute atomic E-state index is 6.07. The molecule has 19 heavy (non-hydrogen) atoms. The zero-order valence-electron chi connectivity index (χ0n) is 11.9. The lowest BCUT2D eigenvalue weighted by Crippen LogP contribution is -2.55. The molecule has 1 heterocycles. The lowest BCUT2D eigenvalue weighted by atomic mass is 9.89. The van der Waals surface area contributed by atoms with E-state index in [1.165, 1.54) is 12.8 Å². The van der Waals surface area contributed by atoms with E-state index in [1.54, 1.807) is 6.33 Å². The van der Waals surface area contributed by atoms with E-state index < -0.39 is 0 Å². The van der Waals surface area contributed by atoms with Crippen LogP contribution in [0.4, 0.5) is 0 Å². The maximum Gasteiger partial charge on any atom is 0.138 e. The number of rotatable bonds is 7. The van der Waals surface area contributed by atoms with Gasteiger partial charge in [-0.25, -0.2) is 4.98 Å². The van der Waals surface area contributed by atoms with E-state index in [-0.39, 0.29) is 11.6 Å². The molecule has 0 spiro atoms. The summed E-state index contributed by atoms with van der Waals surface area (Å²) in [4.78, 5) is 4.34. The number of aromatic nitrogens is 3. The zero-order chi connectivity index (χ0) is 13.7. The third kappa shape index (κ3) is 2.96. The summed E-state index contributed by atoms with van der Waals surface area (Å²) in [6.07, 6.45) is 6.90. The highest BCUT2D eigenvalue weighted by Gasteiger charge is 2.42. The van der Waals surface area contributed by atoms with Crippen molar-refractivity contribution in [1.82, 2.24) is 20.2 Å². The highest BCUT2D eigenvalue weighted by Crippen LogP contribution is 2.37. The Bertz CT molecular complexity index is 386. The smallest absolute Gasteiger partial charge is 0.138 e. The number of nitrogens with two attached hydrogens (primary N) is 1. The van der Waals surface area contributed by atoms with Crippen molar-refractivity contribution in [2.75, 3.05) is 6.61 Å². The normalized spacial score (nSPS) is 19.7. The fourth-order valence-corrected chi connectivity index (χ4v) is 3.14. The van der Waals surface area contributed by atoms with Gasteiger partial charge < -0.3 is 4.74 Å². The van der Waals surface area contributed by atoms with E-state index in [0.29, 0.717) is 0 Å². The van der Waals surface area contributed by atoms with Crippen molar-refractivity contribution in [2.45, 2.75) is 64.1 Å². The van der Waals surface area contributed by atoms with Crippen molar-refractivity contribution >= 4 is 0 Å². The number of hydrogen-bond donors (Lipinski definition) is 2. The number of nitrogens with one attached hydrogen (secondary N) is 1. The Hall–Kier alpha value is -0.980. The van der Waals surface area contributed by atoms with E-state index in [4.69, 9.17) is 10.6 Å². The van der Waals surface area contributed by atoms with Crippen LogP contribution in [-0.4, -0.2) is 33.0 Å². The lowest BCUT2D eigenvalue weighted by Gasteiger charge is -2.36. The van der Waals surface area contributed by atoms with Crippen LogP contribution in [0.1, 0.15) is 45.4 Å². The SMILES string of the molecule is CCOC1(C(Cc2ncnn2CC)NN)CCCC1. The van der Waals surface area contributed by atoms with Gasteiger partial charge in [0.15, 0.2) is 0 Å². The van der Waals surface area contributed by atoms with Gasteiger partial charge in [-0.15, -0.1) is 0 Å². The standard InChI is InChI=1S/C13H25N5O/c1-3-18-12(15-10-16-18)9-11(17-14)13(19-4-2)7-5-6-8-13/h10-11,17H,3-9,14H2,1-2H3. The van der Waals surface area contributed by atoms with Crippen LogP contribution >= 0.6 is 0 Å². The molecule has 6 heteroatoms. The molecule has 2 rings (SSSR count). The molecular weight excluding hydrogens is 242 g/mol. The van der Waals surface area contributed by atoms with Crippen LogP contribution in [0.3, 0.4) is 0 Å². The first-order valence-electron chi connectivity index (χ1n) is 7.22. The molecule has 1 fully saturated rings. The van der Waals surface area contributed by atoms with Crippen molar-refractivity contribution < 1.29 is 4.74 Å². The predicted octanol–water partition coefficient (Wildman–Crippen LogP) is 1.02. The minimum absolute atomic E-state index is 0.0875. The molecule has 0 saturated heterocycles. The Morgan fingerprint density at radius 1 is 1.47 bits per heavy atom. The van der Waals surface area contributed by atoms with Gasteiger partial charge in [0.1, 0.15) is 12.2 Å². The largest absolute Gasteiger partial charge is 0.374 e. The third-order valence-electron chi connectivity index (χ3n) is 4.10. The molecule has 1 aliphatic carbocycles. The van der Waals surface area contributed by atoms with E-state index in [9.17, 15) is 0 Å². The topological polar surface area (TPSA) is 78.0 Å². The second-order valence-electron chi connectivity index (χ2n) is 5.12. The molecule has 1 aliphatic rings. The minimum Gasteiger partial charge on any atom is -0.374 e. The zero-order valence-corrected chi connectivity index (χ0v) is 11.9. The van der Waals surface area contributed by atoms with Crippen LogP contribution in [0.2, 0.25) is 0 Å². The van der Waals surface area contributed by atoms with Crippen molar-refractivity contribution in [3.63, 3.8) is 0 Å². The minimum atomic E-state index is -0.145. The monoisotopic (exact) mass is 267 g/mol.